The van der Waals surface area contributed by atoms with E-state index < -0.39 is 5.54 Å². The molecule has 134 valence electrons. The second-order valence-corrected chi connectivity index (χ2v) is 6.15. The number of hydrogen-bond acceptors (Lipinski definition) is 3. The van der Waals surface area contributed by atoms with Gasteiger partial charge in [0, 0.05) is 6.54 Å². The van der Waals surface area contributed by atoms with Crippen molar-refractivity contribution in [1.82, 2.24) is 10.2 Å². The van der Waals surface area contributed by atoms with E-state index in [2.05, 4.69) is 5.32 Å². The molecule has 0 aliphatic carbocycles. The number of imide groups is 1. The van der Waals surface area contributed by atoms with Crippen LogP contribution in [0.1, 0.15) is 24.5 Å². The lowest BCUT2D eigenvalue weighted by molar-refractivity contribution is -0.131. The van der Waals surface area contributed by atoms with Gasteiger partial charge in [0.15, 0.2) is 0 Å². The van der Waals surface area contributed by atoms with Crippen LogP contribution >= 0.6 is 0 Å². The molecule has 2 aromatic carbocycles. The Labute approximate surface area is 153 Å². The molecule has 1 aliphatic heterocycles. The van der Waals surface area contributed by atoms with E-state index in [9.17, 15) is 9.59 Å². The number of nitrogens with zero attached hydrogens (tertiary/aromatic N) is 1. The zero-order chi connectivity index (χ0) is 18.6. The van der Waals surface area contributed by atoms with Gasteiger partial charge in [-0.05, 0) is 29.7 Å². The van der Waals surface area contributed by atoms with Crippen LogP contribution in [-0.4, -0.2) is 30.5 Å². The summed E-state index contributed by atoms with van der Waals surface area (Å²) in [5, 5.41) is 2.88. The molecule has 5 nitrogen and oxygen atoms in total. The molecule has 0 bridgehead atoms. The predicted molar refractivity (Wildman–Crippen MR) is 101 cm³/mol. The lowest BCUT2D eigenvalue weighted by atomic mass is 9.87. The molecule has 1 atom stereocenters. The molecule has 5 heteroatoms. The number of urea groups is 1. The summed E-state index contributed by atoms with van der Waals surface area (Å²) in [6, 6.07) is 16.6. The third-order valence-electron chi connectivity index (χ3n) is 4.69. The van der Waals surface area contributed by atoms with E-state index >= 15 is 0 Å². The Morgan fingerprint density at radius 1 is 1.08 bits per heavy atom. The smallest absolute Gasteiger partial charge is 0.325 e. The summed E-state index contributed by atoms with van der Waals surface area (Å²) in [6.45, 7) is 2.13. The fourth-order valence-corrected chi connectivity index (χ4v) is 3.17. The van der Waals surface area contributed by atoms with E-state index in [1.807, 2.05) is 61.5 Å². The van der Waals surface area contributed by atoms with Crippen LogP contribution in [0.5, 0.6) is 5.75 Å². The van der Waals surface area contributed by atoms with E-state index in [4.69, 9.17) is 4.74 Å². The van der Waals surface area contributed by atoms with Gasteiger partial charge in [-0.2, -0.15) is 0 Å². The molecule has 0 spiro atoms. The molecule has 1 unspecified atom stereocenters. The predicted octanol–water partition coefficient (Wildman–Crippen LogP) is 3.57. The molecule has 0 aromatic heterocycles. The van der Waals surface area contributed by atoms with Crippen molar-refractivity contribution in [2.45, 2.75) is 18.9 Å². The average Bonchev–Trinajstić information content (AvgIpc) is 2.94. The number of amides is 3. The third-order valence-corrected chi connectivity index (χ3v) is 4.69. The number of rotatable bonds is 6. The van der Waals surface area contributed by atoms with E-state index in [-0.39, 0.29) is 18.5 Å². The molecule has 1 aliphatic rings. The summed E-state index contributed by atoms with van der Waals surface area (Å²) in [5.41, 5.74) is 0.759. The van der Waals surface area contributed by atoms with Crippen LogP contribution in [0.15, 0.2) is 60.7 Å². The van der Waals surface area contributed by atoms with Gasteiger partial charge in [-0.3, -0.25) is 9.69 Å². The first-order valence-electron chi connectivity index (χ1n) is 8.61. The number of carbonyl (C=O) groups excluding carboxylic acids is 2. The maximum absolute atomic E-state index is 13.0. The number of ether oxygens (including phenoxy) is 1. The molecular weight excluding hydrogens is 328 g/mol. The van der Waals surface area contributed by atoms with Crippen molar-refractivity contribution in [1.29, 1.82) is 0 Å². The maximum Gasteiger partial charge on any atom is 0.325 e. The zero-order valence-corrected chi connectivity index (χ0v) is 14.9. The lowest BCUT2D eigenvalue weighted by Gasteiger charge is -2.25. The van der Waals surface area contributed by atoms with Crippen LogP contribution in [0.3, 0.4) is 0 Å². The Morgan fingerprint density at radius 2 is 1.77 bits per heavy atom. The Hall–Kier alpha value is -3.08. The Bertz CT molecular complexity index is 815. The maximum atomic E-state index is 13.0. The summed E-state index contributed by atoms with van der Waals surface area (Å²) in [4.78, 5) is 26.7. The summed E-state index contributed by atoms with van der Waals surface area (Å²) < 4.78 is 5.17. The highest BCUT2D eigenvalue weighted by molar-refractivity contribution is 6.07. The molecule has 2 aromatic rings. The number of benzene rings is 2. The minimum Gasteiger partial charge on any atom is -0.497 e. The molecule has 3 amide bonds. The first-order chi connectivity index (χ1) is 12.6. The highest BCUT2D eigenvalue weighted by Crippen LogP contribution is 2.33. The second kappa shape index (κ2) is 7.44. The van der Waals surface area contributed by atoms with Crippen molar-refractivity contribution in [2.75, 3.05) is 13.7 Å². The van der Waals surface area contributed by atoms with Crippen molar-refractivity contribution in [3.8, 4) is 5.75 Å². The normalized spacial score (nSPS) is 19.8. The Morgan fingerprint density at radius 3 is 2.38 bits per heavy atom. The molecule has 26 heavy (non-hydrogen) atoms. The van der Waals surface area contributed by atoms with Crippen molar-refractivity contribution in [3.05, 3.63) is 71.8 Å². The molecule has 3 rings (SSSR count). The van der Waals surface area contributed by atoms with E-state index in [0.29, 0.717) is 12.2 Å². The minimum atomic E-state index is -1.02. The van der Waals surface area contributed by atoms with Crippen LogP contribution in [-0.2, 0) is 10.3 Å². The number of carbonyl (C=O) groups is 2. The minimum absolute atomic E-state index is 0.229. The summed E-state index contributed by atoms with van der Waals surface area (Å²) in [7, 11) is 1.59. The fraction of sp³-hybridized carbons (Fsp3) is 0.238. The second-order valence-electron chi connectivity index (χ2n) is 6.15. The van der Waals surface area contributed by atoms with Gasteiger partial charge < -0.3 is 10.1 Å². The van der Waals surface area contributed by atoms with Crippen LogP contribution in [0.25, 0.3) is 6.08 Å². The van der Waals surface area contributed by atoms with Gasteiger partial charge in [-0.15, -0.1) is 0 Å². The number of methoxy groups -OCH3 is 1. The first kappa shape index (κ1) is 17.7. The van der Waals surface area contributed by atoms with Crippen LogP contribution in [0.2, 0.25) is 0 Å². The van der Waals surface area contributed by atoms with Crippen LogP contribution in [0.4, 0.5) is 4.79 Å². The van der Waals surface area contributed by atoms with Crippen molar-refractivity contribution in [2.24, 2.45) is 0 Å². The Balaban J connectivity index is 1.80. The molecule has 0 radical (unpaired) electrons. The van der Waals surface area contributed by atoms with Gasteiger partial charge >= 0.3 is 6.03 Å². The van der Waals surface area contributed by atoms with Crippen molar-refractivity contribution < 1.29 is 14.3 Å². The molecule has 1 fully saturated rings. The SMILES string of the molecule is CCC1(c2ccc(OC)cc2)NC(=O)N(C/C=C/c2ccccc2)C1=O. The van der Waals surface area contributed by atoms with Gasteiger partial charge in [0.25, 0.3) is 5.91 Å². The summed E-state index contributed by atoms with van der Waals surface area (Å²) in [6.07, 6.45) is 4.20. The van der Waals surface area contributed by atoms with Crippen LogP contribution < -0.4 is 10.1 Å². The first-order valence-corrected chi connectivity index (χ1v) is 8.61. The van der Waals surface area contributed by atoms with Gasteiger partial charge in [0.2, 0.25) is 0 Å². The highest BCUT2D eigenvalue weighted by atomic mass is 16.5. The molecule has 1 N–H and O–H groups in total. The number of hydrogen-bond donors (Lipinski definition) is 1. The third kappa shape index (κ3) is 3.20. The molecular formula is C21H22N2O3. The van der Waals surface area contributed by atoms with Crippen molar-refractivity contribution >= 4 is 18.0 Å². The van der Waals surface area contributed by atoms with Gasteiger partial charge in [0.1, 0.15) is 11.3 Å². The summed E-state index contributed by atoms with van der Waals surface area (Å²) >= 11 is 0. The van der Waals surface area contributed by atoms with E-state index in [0.717, 1.165) is 11.1 Å². The quantitative estimate of drug-likeness (QED) is 0.811. The monoisotopic (exact) mass is 350 g/mol. The number of nitrogens with one attached hydrogen (secondary N) is 1. The van der Waals surface area contributed by atoms with Crippen molar-refractivity contribution in [3.63, 3.8) is 0 Å². The van der Waals surface area contributed by atoms with E-state index in [1.165, 1.54) is 4.90 Å². The van der Waals surface area contributed by atoms with Gasteiger partial charge in [-0.25, -0.2) is 4.79 Å². The standard InChI is InChI=1S/C21H22N2O3/c1-3-21(17-11-13-18(26-2)14-12-17)19(24)23(20(25)22-21)15-7-10-16-8-5-4-6-9-16/h4-14H,3,15H2,1-2H3,(H,22,25)/b10-7+. The van der Waals surface area contributed by atoms with Crippen LogP contribution in [0, 0.1) is 0 Å². The van der Waals surface area contributed by atoms with E-state index in [1.54, 1.807) is 19.2 Å². The zero-order valence-electron chi connectivity index (χ0n) is 14.9. The molecule has 1 heterocycles. The average molecular weight is 350 g/mol. The summed E-state index contributed by atoms with van der Waals surface area (Å²) in [5.74, 6) is 0.479. The molecule has 1 saturated heterocycles. The largest absolute Gasteiger partial charge is 0.497 e. The topological polar surface area (TPSA) is 58.6 Å². The fourth-order valence-electron chi connectivity index (χ4n) is 3.17. The molecule has 0 saturated carbocycles. The van der Waals surface area contributed by atoms with Gasteiger partial charge in [0.05, 0.1) is 7.11 Å². The Kier molecular flexibility index (Phi) is 5.07. The highest BCUT2D eigenvalue weighted by Gasteiger charge is 2.50. The lowest BCUT2D eigenvalue weighted by Crippen LogP contribution is -2.43. The van der Waals surface area contributed by atoms with Gasteiger partial charge in [-0.1, -0.05) is 61.5 Å².